The minimum atomic E-state index is -0.332. The van der Waals surface area contributed by atoms with Gasteiger partial charge in [-0.25, -0.2) is 4.98 Å². The number of aldehydes is 1. The van der Waals surface area contributed by atoms with E-state index in [1.165, 1.54) is 6.92 Å². The van der Waals surface area contributed by atoms with Crippen LogP contribution in [0.15, 0.2) is 48.5 Å². The van der Waals surface area contributed by atoms with Crippen molar-refractivity contribution in [2.24, 2.45) is 0 Å². The summed E-state index contributed by atoms with van der Waals surface area (Å²) < 4.78 is 16.5. The van der Waals surface area contributed by atoms with E-state index in [2.05, 4.69) is 18.0 Å². The van der Waals surface area contributed by atoms with Crippen LogP contribution in [0, 0.1) is 20.8 Å². The van der Waals surface area contributed by atoms with E-state index in [0.29, 0.717) is 23.8 Å². The van der Waals surface area contributed by atoms with Crippen LogP contribution in [-0.4, -0.2) is 30.5 Å². The lowest BCUT2D eigenvalue weighted by atomic mass is 9.93. The average Bonchev–Trinajstić information content (AvgIpc) is 2.77. The molecule has 3 aromatic rings. The van der Waals surface area contributed by atoms with Crippen LogP contribution in [0.25, 0.3) is 11.1 Å². The molecular weight excluding hydrogens is 406 g/mol. The molecule has 3 rings (SSSR count). The van der Waals surface area contributed by atoms with E-state index in [1.807, 2.05) is 32.0 Å². The van der Waals surface area contributed by atoms with Gasteiger partial charge in [-0.15, -0.1) is 0 Å². The predicted molar refractivity (Wildman–Crippen MR) is 122 cm³/mol. The van der Waals surface area contributed by atoms with Crippen LogP contribution in [0.4, 0.5) is 0 Å². The first-order valence-corrected chi connectivity index (χ1v) is 10.4. The number of esters is 1. The molecule has 32 heavy (non-hydrogen) atoms. The first kappa shape index (κ1) is 23.0. The zero-order valence-corrected chi connectivity index (χ0v) is 18.8. The molecule has 6 nitrogen and oxygen atoms in total. The molecule has 0 radical (unpaired) electrons. The van der Waals surface area contributed by atoms with Crippen LogP contribution in [0.5, 0.6) is 11.6 Å². The fraction of sp³-hybridized carbons (Fsp3) is 0.269. The molecule has 0 N–H and O–H groups in total. The maximum atomic E-state index is 10.9. The van der Waals surface area contributed by atoms with Crippen molar-refractivity contribution in [1.82, 2.24) is 4.98 Å². The first-order valence-electron chi connectivity index (χ1n) is 10.4. The smallest absolute Gasteiger partial charge is 0.302 e. The summed E-state index contributed by atoms with van der Waals surface area (Å²) >= 11 is 0. The molecule has 0 atom stereocenters. The van der Waals surface area contributed by atoms with Gasteiger partial charge in [0.05, 0.1) is 0 Å². The largest absolute Gasteiger partial charge is 0.489 e. The van der Waals surface area contributed by atoms with Gasteiger partial charge in [0.2, 0.25) is 5.88 Å². The monoisotopic (exact) mass is 433 g/mol. The molecule has 166 valence electrons. The number of ether oxygens (including phenoxy) is 3. The summed E-state index contributed by atoms with van der Waals surface area (Å²) in [4.78, 5) is 26.3. The van der Waals surface area contributed by atoms with Crippen molar-refractivity contribution in [2.45, 2.75) is 34.3 Å². The SMILES string of the molecule is CC(=O)OCCOc1cc(C)c(-c2cccc(COc3ccc(C=O)cc3)c2C)c(C)n1. The third kappa shape index (κ3) is 5.72. The molecular formula is C26H27NO5. The van der Waals surface area contributed by atoms with Gasteiger partial charge in [0, 0.05) is 29.8 Å². The van der Waals surface area contributed by atoms with Gasteiger partial charge in [-0.3, -0.25) is 9.59 Å². The topological polar surface area (TPSA) is 74.7 Å². The summed E-state index contributed by atoms with van der Waals surface area (Å²) in [6.07, 6.45) is 0.812. The number of hydrogen-bond acceptors (Lipinski definition) is 6. The summed E-state index contributed by atoms with van der Waals surface area (Å²) in [5.74, 6) is 0.887. The maximum absolute atomic E-state index is 10.9. The Morgan fingerprint density at radius 1 is 1.00 bits per heavy atom. The van der Waals surface area contributed by atoms with Gasteiger partial charge in [-0.2, -0.15) is 0 Å². The van der Waals surface area contributed by atoms with E-state index in [1.54, 1.807) is 24.3 Å². The first-order chi connectivity index (χ1) is 15.4. The minimum Gasteiger partial charge on any atom is -0.489 e. The van der Waals surface area contributed by atoms with E-state index in [0.717, 1.165) is 39.8 Å². The molecule has 1 heterocycles. The van der Waals surface area contributed by atoms with Crippen molar-refractivity contribution in [2.75, 3.05) is 13.2 Å². The van der Waals surface area contributed by atoms with Crippen molar-refractivity contribution in [3.63, 3.8) is 0 Å². The van der Waals surface area contributed by atoms with E-state index in [9.17, 15) is 9.59 Å². The van der Waals surface area contributed by atoms with E-state index in [4.69, 9.17) is 14.2 Å². The minimum absolute atomic E-state index is 0.190. The Morgan fingerprint density at radius 3 is 2.41 bits per heavy atom. The number of carbonyl (C=O) groups is 2. The highest BCUT2D eigenvalue weighted by Crippen LogP contribution is 2.32. The van der Waals surface area contributed by atoms with Crippen molar-refractivity contribution >= 4 is 12.3 Å². The summed E-state index contributed by atoms with van der Waals surface area (Å²) in [6.45, 7) is 8.29. The van der Waals surface area contributed by atoms with E-state index < -0.39 is 0 Å². The second-order valence-corrected chi connectivity index (χ2v) is 7.49. The Hall–Kier alpha value is -3.67. The fourth-order valence-corrected chi connectivity index (χ4v) is 3.52. The van der Waals surface area contributed by atoms with Gasteiger partial charge in [-0.1, -0.05) is 18.2 Å². The van der Waals surface area contributed by atoms with E-state index in [-0.39, 0.29) is 19.2 Å². The maximum Gasteiger partial charge on any atom is 0.302 e. The normalized spacial score (nSPS) is 10.5. The van der Waals surface area contributed by atoms with Crippen molar-refractivity contribution in [3.8, 4) is 22.8 Å². The van der Waals surface area contributed by atoms with Gasteiger partial charge < -0.3 is 14.2 Å². The third-order valence-corrected chi connectivity index (χ3v) is 5.14. The molecule has 0 aliphatic heterocycles. The molecule has 0 saturated carbocycles. The Kier molecular flexibility index (Phi) is 7.60. The highest BCUT2D eigenvalue weighted by atomic mass is 16.6. The Morgan fingerprint density at radius 2 is 1.75 bits per heavy atom. The molecule has 0 spiro atoms. The molecule has 2 aromatic carbocycles. The van der Waals surface area contributed by atoms with Crippen LogP contribution in [0.3, 0.4) is 0 Å². The quantitative estimate of drug-likeness (QED) is 0.268. The molecule has 0 aliphatic rings. The zero-order valence-electron chi connectivity index (χ0n) is 18.8. The van der Waals surface area contributed by atoms with Crippen LogP contribution in [0.2, 0.25) is 0 Å². The molecule has 0 unspecified atom stereocenters. The van der Waals surface area contributed by atoms with Gasteiger partial charge in [-0.05, 0) is 67.3 Å². The average molecular weight is 434 g/mol. The van der Waals surface area contributed by atoms with Gasteiger partial charge in [0.15, 0.2) is 0 Å². The molecule has 1 aromatic heterocycles. The zero-order chi connectivity index (χ0) is 23.1. The third-order valence-electron chi connectivity index (χ3n) is 5.14. The number of benzene rings is 2. The van der Waals surface area contributed by atoms with E-state index >= 15 is 0 Å². The van der Waals surface area contributed by atoms with Crippen molar-refractivity contribution in [1.29, 1.82) is 0 Å². The molecule has 0 fully saturated rings. The molecule has 0 aliphatic carbocycles. The number of pyridine rings is 1. The fourth-order valence-electron chi connectivity index (χ4n) is 3.52. The lowest BCUT2D eigenvalue weighted by Gasteiger charge is -2.17. The standard InChI is InChI=1S/C26H27NO5/c1-17-14-25(31-13-12-30-20(4)29)27-19(3)26(17)24-7-5-6-22(18(24)2)16-32-23-10-8-21(15-28)9-11-23/h5-11,14-15H,12-13,16H2,1-4H3. The van der Waals surface area contributed by atoms with Crippen molar-refractivity contribution in [3.05, 3.63) is 76.5 Å². The summed E-state index contributed by atoms with van der Waals surface area (Å²) in [6, 6.07) is 15.1. The number of hydrogen-bond donors (Lipinski definition) is 0. The van der Waals surface area contributed by atoms with Gasteiger partial charge in [0.1, 0.15) is 31.9 Å². The van der Waals surface area contributed by atoms with Crippen molar-refractivity contribution < 1.29 is 23.8 Å². The number of aromatic nitrogens is 1. The van der Waals surface area contributed by atoms with Gasteiger partial charge in [0.25, 0.3) is 0 Å². The molecule has 6 heteroatoms. The number of carbonyl (C=O) groups excluding carboxylic acids is 2. The number of rotatable bonds is 9. The predicted octanol–water partition coefficient (Wildman–Crippen LogP) is 5.01. The lowest BCUT2D eigenvalue weighted by molar-refractivity contribution is -0.141. The second kappa shape index (κ2) is 10.6. The summed E-state index contributed by atoms with van der Waals surface area (Å²) in [5, 5.41) is 0. The Balaban J connectivity index is 1.77. The molecule has 0 bridgehead atoms. The Labute approximate surface area is 188 Å². The van der Waals surface area contributed by atoms with Gasteiger partial charge >= 0.3 is 5.97 Å². The summed E-state index contributed by atoms with van der Waals surface area (Å²) in [7, 11) is 0. The van der Waals surface area contributed by atoms with Crippen LogP contribution in [0.1, 0.15) is 39.7 Å². The van der Waals surface area contributed by atoms with Crippen LogP contribution >= 0.6 is 0 Å². The number of nitrogens with zero attached hydrogens (tertiary/aromatic N) is 1. The van der Waals surface area contributed by atoms with Crippen LogP contribution < -0.4 is 9.47 Å². The molecule has 0 amide bonds. The second-order valence-electron chi connectivity index (χ2n) is 7.49. The highest BCUT2D eigenvalue weighted by molar-refractivity contribution is 5.75. The number of aryl methyl sites for hydroxylation is 2. The molecule has 0 saturated heterocycles. The lowest BCUT2D eigenvalue weighted by Crippen LogP contribution is -2.10. The highest BCUT2D eigenvalue weighted by Gasteiger charge is 2.14. The summed E-state index contributed by atoms with van der Waals surface area (Å²) in [5.41, 5.74) is 6.87. The van der Waals surface area contributed by atoms with Crippen LogP contribution in [-0.2, 0) is 16.1 Å². The Bertz CT molecular complexity index is 1080.